The summed E-state index contributed by atoms with van der Waals surface area (Å²) >= 11 is 0. The second-order valence-electron chi connectivity index (χ2n) is 3.57. The summed E-state index contributed by atoms with van der Waals surface area (Å²) < 4.78 is 4.94. The molecule has 1 aromatic heterocycles. The third-order valence-electron chi connectivity index (χ3n) is 1.42. The van der Waals surface area contributed by atoms with Crippen molar-refractivity contribution in [2.24, 2.45) is 0 Å². The van der Waals surface area contributed by atoms with Crippen LogP contribution in [0.3, 0.4) is 0 Å². The van der Waals surface area contributed by atoms with E-state index in [-0.39, 0.29) is 62.7 Å². The minimum absolute atomic E-state index is 0. The number of carbonyl (C=O) groups is 1. The Morgan fingerprint density at radius 1 is 1.54 bits per heavy atom. The molecule has 4 nitrogen and oxygen atoms in total. The minimum Gasteiger partial charge on any atom is -0.540 e. The van der Waals surface area contributed by atoms with Gasteiger partial charge in [0.15, 0.2) is 0 Å². The van der Waals surface area contributed by atoms with Crippen LogP contribution in [0.5, 0.6) is 0 Å². The van der Waals surface area contributed by atoms with Gasteiger partial charge in [-0.1, -0.05) is 20.8 Å². The van der Waals surface area contributed by atoms with Crippen molar-refractivity contribution < 1.29 is 65.7 Å². The minimum atomic E-state index is -1.38. The van der Waals surface area contributed by atoms with Crippen LogP contribution < -0.4 is 56.5 Å². The molecule has 0 aliphatic rings. The molecule has 0 saturated heterocycles. The van der Waals surface area contributed by atoms with Gasteiger partial charge in [0.2, 0.25) is 5.89 Å². The van der Waals surface area contributed by atoms with Gasteiger partial charge >= 0.3 is 51.4 Å². The molecule has 0 N–H and O–H groups in total. The first kappa shape index (κ1) is 13.3. The summed E-state index contributed by atoms with van der Waals surface area (Å²) in [4.78, 5) is 13.8. The average molecular weight is 207 g/mol. The zero-order valence-electron chi connectivity index (χ0n) is 8.25. The molecule has 0 aromatic carbocycles. The maximum absolute atomic E-state index is 10.3. The number of carbonyl (C=O) groups excluding carboxylic acids is 1. The molecule has 13 heavy (non-hydrogen) atoms. The van der Waals surface area contributed by atoms with Crippen molar-refractivity contribution in [1.29, 1.82) is 0 Å². The Morgan fingerprint density at radius 2 is 2.08 bits per heavy atom. The Hall–Kier alpha value is 0.316. The van der Waals surface area contributed by atoms with E-state index in [0.717, 1.165) is 0 Å². The first-order valence-electron chi connectivity index (χ1n) is 3.59. The van der Waals surface area contributed by atoms with E-state index in [1.807, 2.05) is 20.8 Å². The number of carboxylic acid groups (broad SMARTS) is 1. The van der Waals surface area contributed by atoms with Crippen LogP contribution in [0.2, 0.25) is 0 Å². The van der Waals surface area contributed by atoms with Crippen molar-refractivity contribution >= 4 is 5.97 Å². The van der Waals surface area contributed by atoms with Crippen molar-refractivity contribution in [2.75, 3.05) is 0 Å². The first-order chi connectivity index (χ1) is 5.41. The molecule has 0 radical (unpaired) electrons. The van der Waals surface area contributed by atoms with Gasteiger partial charge in [-0.3, -0.25) is 0 Å². The van der Waals surface area contributed by atoms with Gasteiger partial charge in [0, 0.05) is 5.41 Å². The normalized spacial score (nSPS) is 10.7. The molecular formula is C8H10KNO3. The van der Waals surface area contributed by atoms with E-state index in [9.17, 15) is 9.90 Å². The van der Waals surface area contributed by atoms with E-state index in [0.29, 0.717) is 5.76 Å². The van der Waals surface area contributed by atoms with Gasteiger partial charge in [-0.15, -0.1) is 0 Å². The molecule has 0 aliphatic carbocycles. The largest absolute Gasteiger partial charge is 1.00 e. The summed E-state index contributed by atoms with van der Waals surface area (Å²) in [7, 11) is 0. The number of aromatic nitrogens is 1. The average Bonchev–Trinajstić information content (AvgIpc) is 2.30. The number of nitrogens with zero attached hydrogens (tertiary/aromatic N) is 1. The number of carboxylic acids is 1. The number of hydrogen-bond donors (Lipinski definition) is 0. The summed E-state index contributed by atoms with van der Waals surface area (Å²) in [5.41, 5.74) is -0.222. The predicted octanol–water partition coefficient (Wildman–Crippen LogP) is -2.66. The molecule has 66 valence electrons. The SMILES string of the molecule is CC(C)(C)c1cnc(C(=O)[O-])o1.[K+]. The van der Waals surface area contributed by atoms with Gasteiger partial charge in [-0.2, -0.15) is 0 Å². The van der Waals surface area contributed by atoms with E-state index in [1.165, 1.54) is 6.20 Å². The molecule has 1 aromatic rings. The van der Waals surface area contributed by atoms with Gasteiger partial charge in [-0.25, -0.2) is 4.98 Å². The maximum Gasteiger partial charge on any atom is 1.00 e. The van der Waals surface area contributed by atoms with Crippen molar-refractivity contribution in [3.63, 3.8) is 0 Å². The van der Waals surface area contributed by atoms with Crippen LogP contribution >= 0.6 is 0 Å². The van der Waals surface area contributed by atoms with Crippen LogP contribution in [0.4, 0.5) is 0 Å². The third-order valence-corrected chi connectivity index (χ3v) is 1.42. The fraction of sp³-hybridized carbons (Fsp3) is 0.500. The van der Waals surface area contributed by atoms with Crippen molar-refractivity contribution in [3.8, 4) is 0 Å². The number of aromatic carboxylic acids is 1. The summed E-state index contributed by atoms with van der Waals surface area (Å²) in [5.74, 6) is -1.20. The van der Waals surface area contributed by atoms with E-state index >= 15 is 0 Å². The molecular weight excluding hydrogens is 197 g/mol. The van der Waals surface area contributed by atoms with Gasteiger partial charge < -0.3 is 14.3 Å². The second-order valence-corrected chi connectivity index (χ2v) is 3.57. The molecule has 0 bridgehead atoms. The summed E-state index contributed by atoms with van der Waals surface area (Å²) in [6, 6.07) is 0. The smallest absolute Gasteiger partial charge is 0.540 e. The van der Waals surface area contributed by atoms with Crippen molar-refractivity contribution in [2.45, 2.75) is 26.2 Å². The van der Waals surface area contributed by atoms with Crippen molar-refractivity contribution in [1.82, 2.24) is 4.98 Å². The monoisotopic (exact) mass is 207 g/mol. The van der Waals surface area contributed by atoms with Crippen molar-refractivity contribution in [3.05, 3.63) is 17.8 Å². The predicted molar refractivity (Wildman–Crippen MR) is 39.5 cm³/mol. The molecule has 0 unspecified atom stereocenters. The number of rotatable bonds is 1. The standard InChI is InChI=1S/C8H11NO3.K/c1-8(2,3)5-4-9-6(12-5)7(10)11;/h4H,1-3H3,(H,10,11);/q;+1/p-1. The van der Waals surface area contributed by atoms with E-state index in [1.54, 1.807) is 0 Å². The molecule has 0 amide bonds. The number of oxazole rings is 1. The van der Waals surface area contributed by atoms with Gasteiger partial charge in [0.25, 0.3) is 0 Å². The Balaban J connectivity index is 0.00000144. The molecule has 1 heterocycles. The zero-order valence-corrected chi connectivity index (χ0v) is 11.4. The Labute approximate surface area is 119 Å². The van der Waals surface area contributed by atoms with E-state index < -0.39 is 5.97 Å². The molecule has 0 aliphatic heterocycles. The quantitative estimate of drug-likeness (QED) is 0.471. The van der Waals surface area contributed by atoms with Gasteiger partial charge in [0.1, 0.15) is 11.7 Å². The van der Waals surface area contributed by atoms with Gasteiger partial charge in [0.05, 0.1) is 6.20 Å². The van der Waals surface area contributed by atoms with Crippen LogP contribution in [-0.4, -0.2) is 11.0 Å². The maximum atomic E-state index is 10.3. The van der Waals surface area contributed by atoms with Crippen LogP contribution in [0, 0.1) is 0 Å². The van der Waals surface area contributed by atoms with Crippen LogP contribution in [-0.2, 0) is 5.41 Å². The van der Waals surface area contributed by atoms with Crippen LogP contribution in [0.1, 0.15) is 37.2 Å². The summed E-state index contributed by atoms with van der Waals surface area (Å²) in [6.45, 7) is 5.73. The number of hydrogen-bond acceptors (Lipinski definition) is 4. The molecule has 1 rings (SSSR count). The first-order valence-corrected chi connectivity index (χ1v) is 3.59. The van der Waals surface area contributed by atoms with Crippen LogP contribution in [0.25, 0.3) is 0 Å². The fourth-order valence-corrected chi connectivity index (χ4v) is 0.715. The Bertz CT molecular complexity index is 301. The second kappa shape index (κ2) is 4.70. The van der Waals surface area contributed by atoms with Gasteiger partial charge in [-0.05, 0) is 0 Å². The Morgan fingerprint density at radius 3 is 2.31 bits per heavy atom. The molecule has 0 fully saturated rings. The molecule has 0 atom stereocenters. The molecule has 5 heteroatoms. The summed E-state index contributed by atoms with van der Waals surface area (Å²) in [6.07, 6.45) is 1.41. The topological polar surface area (TPSA) is 66.2 Å². The Kier molecular flexibility index (Phi) is 4.82. The molecule has 0 saturated carbocycles. The fourth-order valence-electron chi connectivity index (χ4n) is 0.715. The van der Waals surface area contributed by atoms with E-state index in [4.69, 9.17) is 4.42 Å². The van der Waals surface area contributed by atoms with E-state index in [2.05, 4.69) is 4.98 Å². The zero-order chi connectivity index (χ0) is 9.35. The van der Waals surface area contributed by atoms with Crippen LogP contribution in [0.15, 0.2) is 10.6 Å². The molecule has 0 spiro atoms. The third kappa shape index (κ3) is 3.51. The summed E-state index contributed by atoms with van der Waals surface area (Å²) in [5, 5.41) is 10.3.